The summed E-state index contributed by atoms with van der Waals surface area (Å²) in [6.45, 7) is 7.12. The van der Waals surface area contributed by atoms with Crippen molar-refractivity contribution >= 4 is 50.8 Å². The summed E-state index contributed by atoms with van der Waals surface area (Å²) in [6.07, 6.45) is 1.20. The highest BCUT2D eigenvalue weighted by Gasteiger charge is 2.33. The average molecular weight is 872 g/mol. The summed E-state index contributed by atoms with van der Waals surface area (Å²) >= 11 is 3.29. The number of benzene rings is 4. The molecular formula is C48H48BrFN6O4. The van der Waals surface area contributed by atoms with Crippen molar-refractivity contribution in [3.63, 3.8) is 0 Å². The third-order valence-electron chi connectivity index (χ3n) is 12.4. The lowest BCUT2D eigenvalue weighted by Crippen LogP contribution is -2.43. The first-order valence-corrected chi connectivity index (χ1v) is 20.9. The third-order valence-corrected chi connectivity index (χ3v) is 12.9. The van der Waals surface area contributed by atoms with Gasteiger partial charge in [0.25, 0.3) is 11.8 Å². The number of phenolic OH excluding ortho intramolecular Hbond substituents is 1. The van der Waals surface area contributed by atoms with Crippen molar-refractivity contribution in [1.82, 2.24) is 18.9 Å². The Balaban J connectivity index is 1.21. The summed E-state index contributed by atoms with van der Waals surface area (Å²) in [5, 5.41) is 13.4. The van der Waals surface area contributed by atoms with E-state index in [2.05, 4.69) is 46.4 Å². The quantitative estimate of drug-likeness (QED) is 0.159. The molecule has 2 aromatic heterocycles. The number of carbonyl (C=O) groups excluding carboxylic acids is 3. The molecular weight excluding hydrogens is 823 g/mol. The molecule has 8 rings (SSSR count). The monoisotopic (exact) mass is 870 g/mol. The van der Waals surface area contributed by atoms with Crippen molar-refractivity contribution in [2.24, 2.45) is 14.1 Å². The second kappa shape index (κ2) is 16.1. The van der Waals surface area contributed by atoms with E-state index >= 15 is 9.59 Å². The number of rotatable bonds is 8. The molecule has 0 spiro atoms. The topological polar surface area (TPSA) is 103 Å². The van der Waals surface area contributed by atoms with Crippen LogP contribution in [0.15, 0.2) is 95.5 Å². The molecule has 0 unspecified atom stereocenters. The van der Waals surface area contributed by atoms with Crippen LogP contribution >= 0.6 is 15.9 Å². The van der Waals surface area contributed by atoms with Crippen LogP contribution in [0.4, 0.5) is 21.6 Å². The van der Waals surface area contributed by atoms with Crippen LogP contribution in [0.5, 0.6) is 5.75 Å². The normalized spacial score (nSPS) is 14.8. The number of hydrogen-bond acceptors (Lipinski definition) is 5. The van der Waals surface area contributed by atoms with E-state index in [-0.39, 0.29) is 42.5 Å². The molecule has 0 saturated carbocycles. The summed E-state index contributed by atoms with van der Waals surface area (Å²) in [4.78, 5) is 49.0. The van der Waals surface area contributed by atoms with Crippen molar-refractivity contribution < 1.29 is 23.9 Å². The van der Waals surface area contributed by atoms with Crippen LogP contribution in [0.1, 0.15) is 66.8 Å². The van der Waals surface area contributed by atoms with Gasteiger partial charge in [-0.2, -0.15) is 0 Å². The summed E-state index contributed by atoms with van der Waals surface area (Å²) in [5.41, 5.74) is 9.76. The van der Waals surface area contributed by atoms with Gasteiger partial charge in [-0.1, -0.05) is 46.3 Å². The van der Waals surface area contributed by atoms with Crippen LogP contribution in [-0.4, -0.2) is 61.4 Å². The first-order chi connectivity index (χ1) is 28.7. The molecule has 4 aromatic carbocycles. The third kappa shape index (κ3) is 7.38. The zero-order valence-electron chi connectivity index (χ0n) is 34.6. The molecule has 308 valence electrons. The lowest BCUT2D eigenvalue weighted by atomic mass is 9.89. The van der Waals surface area contributed by atoms with E-state index < -0.39 is 5.82 Å². The summed E-state index contributed by atoms with van der Waals surface area (Å²) in [7, 11) is 5.68. The highest BCUT2D eigenvalue weighted by atomic mass is 79.9. The number of amides is 3. The number of nitrogens with zero attached hydrogens (tertiary/aromatic N) is 5. The maximum absolute atomic E-state index is 15.1. The van der Waals surface area contributed by atoms with E-state index in [1.165, 1.54) is 11.6 Å². The number of aromatic hydroxyl groups is 1. The lowest BCUT2D eigenvalue weighted by molar-refractivity contribution is -0.131. The van der Waals surface area contributed by atoms with Crippen LogP contribution in [0.25, 0.3) is 11.3 Å². The molecule has 2 aliphatic heterocycles. The van der Waals surface area contributed by atoms with Crippen LogP contribution < -0.4 is 10.2 Å². The molecule has 10 nitrogen and oxygen atoms in total. The summed E-state index contributed by atoms with van der Waals surface area (Å²) in [5.74, 6) is -0.0976. The molecule has 0 saturated heterocycles. The minimum atomic E-state index is -0.437. The largest absolute Gasteiger partial charge is 0.508 e. The molecule has 4 heterocycles. The van der Waals surface area contributed by atoms with Gasteiger partial charge in [-0.3, -0.25) is 19.3 Å². The maximum atomic E-state index is 15.1. The Hall–Kier alpha value is -6.14. The molecule has 1 atom stereocenters. The minimum Gasteiger partial charge on any atom is -0.508 e. The van der Waals surface area contributed by atoms with E-state index in [1.54, 1.807) is 46.2 Å². The molecule has 0 fully saturated rings. The number of halogens is 2. The van der Waals surface area contributed by atoms with Gasteiger partial charge in [0.15, 0.2) is 0 Å². The van der Waals surface area contributed by atoms with Gasteiger partial charge in [0.2, 0.25) is 5.91 Å². The van der Waals surface area contributed by atoms with E-state index in [4.69, 9.17) is 0 Å². The van der Waals surface area contributed by atoms with Gasteiger partial charge >= 0.3 is 0 Å². The van der Waals surface area contributed by atoms with E-state index in [9.17, 15) is 14.3 Å². The fraction of sp³-hybridized carbons (Fsp3) is 0.271. The van der Waals surface area contributed by atoms with Gasteiger partial charge in [0, 0.05) is 91.3 Å². The minimum absolute atomic E-state index is 0.0671. The lowest BCUT2D eigenvalue weighted by Gasteiger charge is -2.36. The Labute approximate surface area is 358 Å². The summed E-state index contributed by atoms with van der Waals surface area (Å²) < 4.78 is 19.3. The van der Waals surface area contributed by atoms with Crippen molar-refractivity contribution in [2.75, 3.05) is 23.8 Å². The van der Waals surface area contributed by atoms with Crippen LogP contribution in [0.3, 0.4) is 0 Å². The number of anilines is 3. The average Bonchev–Trinajstić information content (AvgIpc) is 3.70. The Morgan fingerprint density at radius 2 is 1.58 bits per heavy atom. The van der Waals surface area contributed by atoms with Gasteiger partial charge in [-0.15, -0.1) is 0 Å². The fourth-order valence-electron chi connectivity index (χ4n) is 8.67. The molecule has 0 bridgehead atoms. The van der Waals surface area contributed by atoms with E-state index in [0.29, 0.717) is 63.3 Å². The second-order valence-electron chi connectivity index (χ2n) is 16.0. The highest BCUT2D eigenvalue weighted by molar-refractivity contribution is 9.10. The van der Waals surface area contributed by atoms with Crippen molar-refractivity contribution in [3.05, 3.63) is 152 Å². The summed E-state index contributed by atoms with van der Waals surface area (Å²) in [6, 6.07) is 27.2. The number of aromatic nitrogens is 2. The van der Waals surface area contributed by atoms with E-state index in [0.717, 1.165) is 40.3 Å². The Bertz CT molecular complexity index is 2680. The van der Waals surface area contributed by atoms with Crippen LogP contribution in [0, 0.1) is 19.7 Å². The Morgan fingerprint density at radius 3 is 2.28 bits per heavy atom. The second-order valence-corrected chi connectivity index (χ2v) is 16.9. The van der Waals surface area contributed by atoms with Gasteiger partial charge in [0.1, 0.15) is 17.4 Å². The number of carbonyl (C=O) groups is 3. The Morgan fingerprint density at radius 1 is 0.850 bits per heavy atom. The zero-order valence-corrected chi connectivity index (χ0v) is 36.2. The highest BCUT2D eigenvalue weighted by Crippen LogP contribution is 2.39. The fourth-order valence-corrected chi connectivity index (χ4v) is 9.00. The SMILES string of the molecule is CNc1cc(N(C(=O)c2cc(-c3cc4c(cc3C(=O)N3Cc5ccccc5C[C@H]3C)CN(C(=O)Cc3ccc(Br)cc3F)CC4)n(C)c2C)c2ccc(O)cc2)c(C)n1C. The molecule has 0 radical (unpaired) electrons. The van der Waals surface area contributed by atoms with Crippen molar-refractivity contribution in [1.29, 1.82) is 0 Å². The van der Waals surface area contributed by atoms with Crippen LogP contribution in [0.2, 0.25) is 0 Å². The number of phenols is 1. The van der Waals surface area contributed by atoms with Crippen molar-refractivity contribution in [2.45, 2.75) is 59.2 Å². The number of hydrogen-bond donors (Lipinski definition) is 2. The first-order valence-electron chi connectivity index (χ1n) is 20.1. The molecule has 60 heavy (non-hydrogen) atoms. The standard InChI is InChI=1S/C48H48BrFN6O4/c1-28-19-31-9-7-8-10-34(31)27-55(28)47(59)41-21-35-26-54(46(58)22-33-11-12-36(49)23-42(33)50)18-17-32(35)20-40(41)44-24-39(29(2)52(44)5)48(60)56(37-13-15-38(57)16-14-37)43-25-45(51-4)53(6)30(43)3/h7-16,20-21,23-25,28,51,57H,17-19,22,26-27H2,1-6H3/t28-/m1/s1. The van der Waals surface area contributed by atoms with Gasteiger partial charge in [0.05, 0.1) is 17.7 Å². The van der Waals surface area contributed by atoms with Crippen molar-refractivity contribution in [3.8, 4) is 17.0 Å². The molecule has 6 aromatic rings. The molecule has 2 aliphatic rings. The molecule has 2 N–H and O–H groups in total. The number of fused-ring (bicyclic) bond motifs is 2. The molecule has 12 heteroatoms. The predicted molar refractivity (Wildman–Crippen MR) is 236 cm³/mol. The van der Waals surface area contributed by atoms with Gasteiger partial charge < -0.3 is 29.4 Å². The molecule has 0 aliphatic carbocycles. The smallest absolute Gasteiger partial charge is 0.264 e. The van der Waals surface area contributed by atoms with Crippen LogP contribution in [-0.2, 0) is 51.2 Å². The first kappa shape index (κ1) is 40.6. The van der Waals surface area contributed by atoms with Gasteiger partial charge in [-0.25, -0.2) is 4.39 Å². The maximum Gasteiger partial charge on any atom is 0.264 e. The molecule has 3 amide bonds. The number of nitrogens with one attached hydrogen (secondary N) is 1. The Kier molecular flexibility index (Phi) is 10.9. The van der Waals surface area contributed by atoms with Gasteiger partial charge in [-0.05, 0) is 116 Å². The van der Waals surface area contributed by atoms with E-state index in [1.807, 2.05) is 79.4 Å². The zero-order chi connectivity index (χ0) is 42.6. The predicted octanol–water partition coefficient (Wildman–Crippen LogP) is 8.99.